The third-order valence-corrected chi connectivity index (χ3v) is 7.95. The summed E-state index contributed by atoms with van der Waals surface area (Å²) in [6.07, 6.45) is 0. The number of sulfonamides is 1. The molecule has 0 aromatic heterocycles. The number of nitrogens with zero attached hydrogens (tertiary/aromatic N) is 2. The molecule has 0 spiro atoms. The van der Waals surface area contributed by atoms with Crippen LogP contribution in [0.1, 0.15) is 0 Å². The summed E-state index contributed by atoms with van der Waals surface area (Å²) in [4.78, 5) is 15.7. The lowest BCUT2D eigenvalue weighted by atomic mass is 10.1. The minimum Gasteiger partial charge on any atom is -0.339 e. The van der Waals surface area contributed by atoms with Gasteiger partial charge in [0.05, 0.1) is 10.6 Å². The number of amides is 1. The van der Waals surface area contributed by atoms with Crippen LogP contribution in [0.25, 0.3) is 10.8 Å². The molecule has 0 radical (unpaired) electrons. The van der Waals surface area contributed by atoms with Gasteiger partial charge in [-0.15, -0.1) is 11.8 Å². The number of thioether (sulfide) groups is 1. The number of hydrogen-bond acceptors (Lipinski definition) is 4. The van der Waals surface area contributed by atoms with Gasteiger partial charge in [0.1, 0.15) is 0 Å². The van der Waals surface area contributed by atoms with E-state index in [2.05, 4.69) is 24.3 Å². The van der Waals surface area contributed by atoms with Gasteiger partial charge in [0.2, 0.25) is 15.9 Å². The molecule has 0 atom stereocenters. The van der Waals surface area contributed by atoms with Gasteiger partial charge in [-0.2, -0.15) is 4.31 Å². The van der Waals surface area contributed by atoms with Crippen LogP contribution in [0, 0.1) is 0 Å². The number of carbonyl (C=O) groups excluding carboxylic acids is 1. The smallest absolute Gasteiger partial charge is 0.243 e. The SMILES string of the molecule is O=C(CSc1ccc2ccccc2c1)N1CCN(S(=O)(=O)c2ccccc2)CC1. The summed E-state index contributed by atoms with van der Waals surface area (Å²) < 4.78 is 26.9. The summed E-state index contributed by atoms with van der Waals surface area (Å²) in [5.74, 6) is 0.393. The van der Waals surface area contributed by atoms with E-state index in [9.17, 15) is 13.2 Å². The van der Waals surface area contributed by atoms with E-state index in [-0.39, 0.29) is 5.91 Å². The fourth-order valence-corrected chi connectivity index (χ4v) is 5.70. The Labute approximate surface area is 175 Å². The maximum Gasteiger partial charge on any atom is 0.243 e. The number of piperazine rings is 1. The molecular formula is C22H22N2O3S2. The summed E-state index contributed by atoms with van der Waals surface area (Å²) in [6, 6.07) is 22.8. The molecule has 150 valence electrons. The molecule has 1 saturated heterocycles. The average molecular weight is 427 g/mol. The van der Waals surface area contributed by atoms with E-state index in [1.54, 1.807) is 35.2 Å². The van der Waals surface area contributed by atoms with Crippen LogP contribution in [0.15, 0.2) is 82.6 Å². The first-order valence-electron chi connectivity index (χ1n) is 9.49. The van der Waals surface area contributed by atoms with Crippen molar-refractivity contribution in [3.63, 3.8) is 0 Å². The van der Waals surface area contributed by atoms with Gasteiger partial charge in [0, 0.05) is 31.1 Å². The minimum atomic E-state index is -3.50. The second-order valence-electron chi connectivity index (χ2n) is 6.90. The molecule has 1 aliphatic rings. The summed E-state index contributed by atoms with van der Waals surface area (Å²) in [5, 5.41) is 2.34. The highest BCUT2D eigenvalue weighted by Gasteiger charge is 2.29. The molecule has 1 amide bonds. The van der Waals surface area contributed by atoms with Gasteiger partial charge in [0.15, 0.2) is 0 Å². The van der Waals surface area contributed by atoms with Crippen LogP contribution in [0.2, 0.25) is 0 Å². The molecule has 29 heavy (non-hydrogen) atoms. The van der Waals surface area contributed by atoms with Gasteiger partial charge in [-0.1, -0.05) is 48.5 Å². The number of fused-ring (bicyclic) bond motifs is 1. The van der Waals surface area contributed by atoms with Gasteiger partial charge in [-0.25, -0.2) is 8.42 Å². The molecule has 3 aromatic carbocycles. The Morgan fingerprint density at radius 2 is 1.48 bits per heavy atom. The molecule has 5 nitrogen and oxygen atoms in total. The van der Waals surface area contributed by atoms with Crippen molar-refractivity contribution in [2.75, 3.05) is 31.9 Å². The van der Waals surface area contributed by atoms with Crippen molar-refractivity contribution in [3.05, 3.63) is 72.8 Å². The van der Waals surface area contributed by atoms with Crippen LogP contribution in [-0.2, 0) is 14.8 Å². The van der Waals surface area contributed by atoms with Gasteiger partial charge < -0.3 is 4.90 Å². The van der Waals surface area contributed by atoms with Crippen LogP contribution in [0.5, 0.6) is 0 Å². The average Bonchev–Trinajstić information content (AvgIpc) is 2.78. The summed E-state index contributed by atoms with van der Waals surface area (Å²) in [7, 11) is -3.50. The minimum absolute atomic E-state index is 0.0416. The fraction of sp³-hybridized carbons (Fsp3) is 0.227. The third kappa shape index (κ3) is 4.47. The zero-order valence-electron chi connectivity index (χ0n) is 15.9. The van der Waals surface area contributed by atoms with E-state index in [1.807, 2.05) is 18.2 Å². The Morgan fingerprint density at radius 1 is 0.828 bits per heavy atom. The summed E-state index contributed by atoms with van der Waals surface area (Å²) in [5.41, 5.74) is 0. The van der Waals surface area contributed by atoms with Crippen LogP contribution in [0.4, 0.5) is 0 Å². The van der Waals surface area contributed by atoms with E-state index >= 15 is 0 Å². The zero-order valence-corrected chi connectivity index (χ0v) is 17.5. The summed E-state index contributed by atoms with van der Waals surface area (Å²) >= 11 is 1.52. The van der Waals surface area contributed by atoms with Crippen molar-refractivity contribution < 1.29 is 13.2 Å². The maximum absolute atomic E-state index is 12.7. The monoisotopic (exact) mass is 426 g/mol. The van der Waals surface area contributed by atoms with Crippen LogP contribution >= 0.6 is 11.8 Å². The molecule has 1 aliphatic heterocycles. The number of carbonyl (C=O) groups is 1. The van der Waals surface area contributed by atoms with Gasteiger partial charge >= 0.3 is 0 Å². The second-order valence-corrected chi connectivity index (χ2v) is 9.88. The quantitative estimate of drug-likeness (QED) is 0.586. The standard InChI is InChI=1S/C22H22N2O3S2/c25-22(17-28-20-11-10-18-6-4-5-7-19(18)16-20)23-12-14-24(15-13-23)29(26,27)21-8-2-1-3-9-21/h1-11,16H,12-15,17H2. The topological polar surface area (TPSA) is 57.7 Å². The number of rotatable bonds is 5. The van der Waals surface area contributed by atoms with Crippen LogP contribution in [-0.4, -0.2) is 55.5 Å². The van der Waals surface area contributed by atoms with Gasteiger partial charge in [-0.05, 0) is 35.0 Å². The predicted molar refractivity (Wildman–Crippen MR) is 116 cm³/mol. The lowest BCUT2D eigenvalue weighted by Crippen LogP contribution is -2.50. The molecule has 1 fully saturated rings. The molecule has 0 aliphatic carbocycles. The first-order valence-corrected chi connectivity index (χ1v) is 11.9. The van der Waals surface area contributed by atoms with Gasteiger partial charge in [0.25, 0.3) is 0 Å². The normalized spacial score (nSPS) is 15.5. The number of hydrogen-bond donors (Lipinski definition) is 0. The fourth-order valence-electron chi connectivity index (χ4n) is 3.41. The zero-order chi connectivity index (χ0) is 20.3. The van der Waals surface area contributed by atoms with Crippen molar-refractivity contribution in [3.8, 4) is 0 Å². The number of benzene rings is 3. The third-order valence-electron chi connectivity index (χ3n) is 5.06. The van der Waals surface area contributed by atoms with Crippen LogP contribution in [0.3, 0.4) is 0 Å². The Kier molecular flexibility index (Phi) is 5.89. The molecule has 0 saturated carbocycles. The molecule has 1 heterocycles. The summed E-state index contributed by atoms with van der Waals surface area (Å²) in [6.45, 7) is 1.49. The lowest BCUT2D eigenvalue weighted by molar-refractivity contribution is -0.129. The van der Waals surface area contributed by atoms with Crippen LogP contribution < -0.4 is 0 Å². The Hall–Kier alpha value is -2.35. The van der Waals surface area contributed by atoms with Crippen molar-refractivity contribution in [2.24, 2.45) is 0 Å². The van der Waals surface area contributed by atoms with Crippen molar-refractivity contribution in [1.82, 2.24) is 9.21 Å². The molecule has 7 heteroatoms. The highest BCUT2D eigenvalue weighted by atomic mass is 32.2. The molecule has 0 N–H and O–H groups in total. The highest BCUT2D eigenvalue weighted by molar-refractivity contribution is 8.00. The largest absolute Gasteiger partial charge is 0.339 e. The van der Waals surface area contributed by atoms with E-state index < -0.39 is 10.0 Å². The lowest BCUT2D eigenvalue weighted by Gasteiger charge is -2.34. The van der Waals surface area contributed by atoms with Crippen molar-refractivity contribution in [2.45, 2.75) is 9.79 Å². The molecule has 0 unspecified atom stereocenters. The van der Waals surface area contributed by atoms with E-state index in [0.717, 1.165) is 10.3 Å². The Bertz CT molecular complexity index is 1110. The van der Waals surface area contributed by atoms with E-state index in [0.29, 0.717) is 36.8 Å². The molecular weight excluding hydrogens is 404 g/mol. The van der Waals surface area contributed by atoms with Crippen molar-refractivity contribution >= 4 is 38.5 Å². The van der Waals surface area contributed by atoms with Gasteiger partial charge in [-0.3, -0.25) is 4.79 Å². The first kappa shape index (κ1) is 19.9. The predicted octanol–water partition coefficient (Wildman–Crippen LogP) is 3.47. The Morgan fingerprint density at radius 3 is 2.21 bits per heavy atom. The molecule has 4 rings (SSSR count). The first-order chi connectivity index (χ1) is 14.0. The Balaban J connectivity index is 1.33. The van der Waals surface area contributed by atoms with Crippen molar-refractivity contribution in [1.29, 1.82) is 0 Å². The van der Waals surface area contributed by atoms with E-state index in [4.69, 9.17) is 0 Å². The maximum atomic E-state index is 12.7. The molecule has 0 bridgehead atoms. The molecule has 3 aromatic rings. The highest BCUT2D eigenvalue weighted by Crippen LogP contribution is 2.24. The van der Waals surface area contributed by atoms with E-state index in [1.165, 1.54) is 21.5 Å². The second kappa shape index (κ2) is 8.57.